The molecule has 1 aliphatic heterocycles. The van der Waals surface area contributed by atoms with Gasteiger partial charge in [-0.1, -0.05) is 17.7 Å². The van der Waals surface area contributed by atoms with E-state index in [0.717, 1.165) is 18.5 Å². The summed E-state index contributed by atoms with van der Waals surface area (Å²) in [6.45, 7) is 0.754. The van der Waals surface area contributed by atoms with E-state index in [-0.39, 0.29) is 22.9 Å². The van der Waals surface area contributed by atoms with Crippen LogP contribution in [0.3, 0.4) is 0 Å². The number of hydrogen-bond acceptors (Lipinski definition) is 2. The third-order valence-electron chi connectivity index (χ3n) is 3.16. The van der Waals surface area contributed by atoms with Crippen molar-refractivity contribution in [2.75, 3.05) is 6.54 Å². The van der Waals surface area contributed by atoms with Gasteiger partial charge in [-0.3, -0.25) is 4.79 Å². The highest BCUT2D eigenvalue weighted by molar-refractivity contribution is 6.30. The molecule has 97 valence electrons. The molecule has 0 bridgehead atoms. The van der Waals surface area contributed by atoms with Crippen molar-refractivity contribution in [3.8, 4) is 0 Å². The third-order valence-corrected chi connectivity index (χ3v) is 3.45. The highest BCUT2D eigenvalue weighted by Crippen LogP contribution is 2.25. The molecular formula is C13H15ClFN2O. The van der Waals surface area contributed by atoms with Crippen LogP contribution in [0.4, 0.5) is 4.39 Å². The number of carbonyl (C=O) groups is 1. The number of primary amides is 1. The summed E-state index contributed by atoms with van der Waals surface area (Å²) in [5, 5.41) is 3.19. The Kier molecular flexibility index (Phi) is 4.19. The van der Waals surface area contributed by atoms with Crippen LogP contribution in [0.5, 0.6) is 0 Å². The van der Waals surface area contributed by atoms with Gasteiger partial charge in [0.2, 0.25) is 5.91 Å². The Bertz CT molecular complexity index is 453. The normalized spacial score (nSPS) is 23.9. The number of amides is 1. The summed E-state index contributed by atoms with van der Waals surface area (Å²) in [5.74, 6) is -0.496. The molecule has 2 unspecified atom stereocenters. The lowest BCUT2D eigenvalue weighted by Crippen LogP contribution is -2.46. The zero-order chi connectivity index (χ0) is 13.1. The van der Waals surface area contributed by atoms with E-state index in [2.05, 4.69) is 5.32 Å². The van der Waals surface area contributed by atoms with E-state index in [0.29, 0.717) is 6.42 Å². The average molecular weight is 270 g/mol. The second-order valence-electron chi connectivity index (χ2n) is 4.53. The van der Waals surface area contributed by atoms with Gasteiger partial charge in [-0.05, 0) is 49.4 Å². The molecule has 0 aliphatic carbocycles. The fourth-order valence-electron chi connectivity index (χ4n) is 2.20. The summed E-state index contributed by atoms with van der Waals surface area (Å²) in [5.41, 5.74) is 6.15. The topological polar surface area (TPSA) is 55.1 Å². The number of hydrogen-bond donors (Lipinski definition) is 2. The molecule has 1 radical (unpaired) electrons. The van der Waals surface area contributed by atoms with Crippen molar-refractivity contribution in [1.29, 1.82) is 0 Å². The first-order chi connectivity index (χ1) is 8.56. The van der Waals surface area contributed by atoms with Gasteiger partial charge >= 0.3 is 0 Å². The number of nitrogens with one attached hydrogen (secondary N) is 1. The first-order valence-electron chi connectivity index (χ1n) is 5.89. The Labute approximate surface area is 111 Å². The van der Waals surface area contributed by atoms with Crippen LogP contribution >= 0.6 is 11.6 Å². The molecule has 2 atom stereocenters. The number of piperidine rings is 1. The molecule has 1 heterocycles. The lowest BCUT2D eigenvalue weighted by atomic mass is 9.87. The van der Waals surface area contributed by atoms with Crippen LogP contribution in [-0.4, -0.2) is 18.5 Å². The maximum atomic E-state index is 13.0. The molecule has 1 aliphatic rings. The smallest absolute Gasteiger partial charge is 0.234 e. The standard InChI is InChI=1S/C13H15ClFN2O/c14-10-6-8(1-2-11(10)15)5-9-3-4-17-12(7-9)13(16)18/h1-2,5-6,9,12,17H,3-4,7H2,(H2,16,18). The van der Waals surface area contributed by atoms with Crippen molar-refractivity contribution < 1.29 is 9.18 Å². The monoisotopic (exact) mass is 269 g/mol. The molecule has 1 aromatic carbocycles. The van der Waals surface area contributed by atoms with Gasteiger partial charge in [-0.15, -0.1) is 0 Å². The van der Waals surface area contributed by atoms with E-state index < -0.39 is 5.82 Å². The SMILES string of the molecule is NC(=O)C1CC([CH]c2ccc(F)c(Cl)c2)CCN1. The predicted molar refractivity (Wildman–Crippen MR) is 68.5 cm³/mol. The van der Waals surface area contributed by atoms with E-state index in [1.165, 1.54) is 6.07 Å². The van der Waals surface area contributed by atoms with E-state index in [9.17, 15) is 9.18 Å². The van der Waals surface area contributed by atoms with Gasteiger partial charge in [-0.2, -0.15) is 0 Å². The number of benzene rings is 1. The summed E-state index contributed by atoms with van der Waals surface area (Å²) in [7, 11) is 0. The molecule has 0 spiro atoms. The van der Waals surface area contributed by atoms with Crippen molar-refractivity contribution in [2.45, 2.75) is 18.9 Å². The van der Waals surface area contributed by atoms with Gasteiger partial charge in [-0.25, -0.2) is 4.39 Å². The molecular weight excluding hydrogens is 255 g/mol. The molecule has 3 N–H and O–H groups in total. The third kappa shape index (κ3) is 3.21. The number of nitrogens with two attached hydrogens (primary N) is 1. The first kappa shape index (κ1) is 13.3. The zero-order valence-electron chi connectivity index (χ0n) is 9.83. The van der Waals surface area contributed by atoms with Crippen LogP contribution in [0.1, 0.15) is 18.4 Å². The van der Waals surface area contributed by atoms with Gasteiger partial charge in [0.1, 0.15) is 5.82 Å². The highest BCUT2D eigenvalue weighted by Gasteiger charge is 2.25. The van der Waals surface area contributed by atoms with Crippen molar-refractivity contribution in [3.63, 3.8) is 0 Å². The molecule has 1 saturated heterocycles. The molecule has 3 nitrogen and oxygen atoms in total. The van der Waals surface area contributed by atoms with Gasteiger partial charge in [0.05, 0.1) is 11.1 Å². The van der Waals surface area contributed by atoms with Gasteiger partial charge < -0.3 is 11.1 Å². The molecule has 5 heteroatoms. The predicted octanol–water partition coefficient (Wildman–Crippen LogP) is 1.88. The summed E-state index contributed by atoms with van der Waals surface area (Å²) >= 11 is 5.73. The Morgan fingerprint density at radius 2 is 2.33 bits per heavy atom. The van der Waals surface area contributed by atoms with Crippen LogP contribution in [0.25, 0.3) is 0 Å². The molecule has 18 heavy (non-hydrogen) atoms. The maximum absolute atomic E-state index is 13.0. The molecule has 1 amide bonds. The second kappa shape index (κ2) is 5.67. The minimum atomic E-state index is -0.422. The van der Waals surface area contributed by atoms with Crippen LogP contribution in [0, 0.1) is 18.2 Å². The molecule has 0 saturated carbocycles. The van der Waals surface area contributed by atoms with Crippen LogP contribution < -0.4 is 11.1 Å². The number of rotatable bonds is 3. The fraction of sp³-hybridized carbons (Fsp3) is 0.385. The number of carbonyl (C=O) groups excluding carboxylic acids is 1. The number of halogens is 2. The first-order valence-corrected chi connectivity index (χ1v) is 6.26. The minimum Gasteiger partial charge on any atom is -0.368 e. The van der Waals surface area contributed by atoms with Crippen LogP contribution in [-0.2, 0) is 4.79 Å². The quantitative estimate of drug-likeness (QED) is 0.880. The fourth-order valence-corrected chi connectivity index (χ4v) is 2.39. The van der Waals surface area contributed by atoms with Gasteiger partial charge in [0.25, 0.3) is 0 Å². The zero-order valence-corrected chi connectivity index (χ0v) is 10.6. The van der Waals surface area contributed by atoms with Crippen LogP contribution in [0.2, 0.25) is 5.02 Å². The molecule has 2 rings (SSSR count). The van der Waals surface area contributed by atoms with E-state index in [1.54, 1.807) is 12.1 Å². The Hall–Kier alpha value is -1.13. The largest absolute Gasteiger partial charge is 0.368 e. The van der Waals surface area contributed by atoms with E-state index in [1.807, 2.05) is 6.42 Å². The summed E-state index contributed by atoms with van der Waals surface area (Å²) in [6, 6.07) is 4.34. The second-order valence-corrected chi connectivity index (χ2v) is 4.94. The van der Waals surface area contributed by atoms with E-state index >= 15 is 0 Å². The molecule has 1 aromatic rings. The average Bonchev–Trinajstić information content (AvgIpc) is 2.34. The van der Waals surface area contributed by atoms with Crippen molar-refractivity contribution >= 4 is 17.5 Å². The highest BCUT2D eigenvalue weighted by atomic mass is 35.5. The molecule has 0 aromatic heterocycles. The van der Waals surface area contributed by atoms with E-state index in [4.69, 9.17) is 17.3 Å². The molecule has 1 fully saturated rings. The van der Waals surface area contributed by atoms with Crippen molar-refractivity contribution in [3.05, 3.63) is 41.0 Å². The maximum Gasteiger partial charge on any atom is 0.234 e. The van der Waals surface area contributed by atoms with Crippen molar-refractivity contribution in [1.82, 2.24) is 5.32 Å². The van der Waals surface area contributed by atoms with Crippen molar-refractivity contribution in [2.24, 2.45) is 11.7 Å². The Morgan fingerprint density at radius 1 is 1.56 bits per heavy atom. The summed E-state index contributed by atoms with van der Waals surface area (Å²) in [6.07, 6.45) is 3.62. The lowest BCUT2D eigenvalue weighted by molar-refractivity contribution is -0.120. The van der Waals surface area contributed by atoms with Crippen LogP contribution in [0.15, 0.2) is 18.2 Å². The lowest BCUT2D eigenvalue weighted by Gasteiger charge is -2.28. The van der Waals surface area contributed by atoms with Gasteiger partial charge in [0.15, 0.2) is 0 Å². The Balaban J connectivity index is 2.00. The Morgan fingerprint density at radius 3 is 3.00 bits per heavy atom. The minimum absolute atomic E-state index is 0.115. The summed E-state index contributed by atoms with van der Waals surface area (Å²) < 4.78 is 13.0. The van der Waals surface area contributed by atoms with Gasteiger partial charge in [0, 0.05) is 0 Å². The summed E-state index contributed by atoms with van der Waals surface area (Å²) in [4.78, 5) is 11.1.